The van der Waals surface area contributed by atoms with Gasteiger partial charge in [0.05, 0.1) is 11.8 Å². The van der Waals surface area contributed by atoms with E-state index in [-0.39, 0.29) is 42.0 Å². The van der Waals surface area contributed by atoms with Gasteiger partial charge in [0, 0.05) is 0 Å². The Morgan fingerprint density at radius 1 is 0.929 bits per heavy atom. The molecule has 2 aromatic carbocycles. The van der Waals surface area contributed by atoms with E-state index < -0.39 is 5.97 Å². The van der Waals surface area contributed by atoms with Gasteiger partial charge in [0.25, 0.3) is 0 Å². The van der Waals surface area contributed by atoms with Crippen molar-refractivity contribution >= 4 is 28.6 Å². The minimum absolute atomic E-state index is 0.165. The lowest BCUT2D eigenvalue weighted by Crippen LogP contribution is -2.40. The number of nitrogens with zero attached hydrogens (tertiary/aromatic N) is 1. The molecule has 3 fully saturated rings. The van der Waals surface area contributed by atoms with E-state index in [0.29, 0.717) is 17.6 Å². The normalized spacial score (nSPS) is 34.5. The standard InChI is InChI=1S/C23H19NO4/c25-19(28-14-6-5-12-3-1-2-4-13(12)9-14)11-24-22(26)20-15-7-8-16(18-10-17(15)18)21(20)23(24)27/h1-9,15-18,20-21H,10-11H2/t15-,16-,17-,18+,20+,21-/m1/s1. The van der Waals surface area contributed by atoms with Gasteiger partial charge in [-0.2, -0.15) is 0 Å². The number of esters is 1. The Labute approximate surface area is 162 Å². The van der Waals surface area contributed by atoms with Crippen molar-refractivity contribution in [1.29, 1.82) is 0 Å². The zero-order chi connectivity index (χ0) is 19.0. The second-order valence-corrected chi connectivity index (χ2v) is 8.40. The van der Waals surface area contributed by atoms with Gasteiger partial charge in [0.2, 0.25) is 11.8 Å². The van der Waals surface area contributed by atoms with Gasteiger partial charge in [-0.1, -0.05) is 42.5 Å². The third-order valence-corrected chi connectivity index (χ3v) is 6.99. The van der Waals surface area contributed by atoms with E-state index in [2.05, 4.69) is 12.2 Å². The van der Waals surface area contributed by atoms with Gasteiger partial charge < -0.3 is 4.74 Å². The number of carbonyl (C=O) groups is 3. The van der Waals surface area contributed by atoms with Crippen molar-refractivity contribution in [2.75, 3.05) is 6.54 Å². The van der Waals surface area contributed by atoms with Gasteiger partial charge in [-0.3, -0.25) is 14.5 Å². The Hall–Kier alpha value is -2.95. The maximum absolute atomic E-state index is 12.9. The number of hydrogen-bond acceptors (Lipinski definition) is 4. The van der Waals surface area contributed by atoms with E-state index >= 15 is 0 Å². The van der Waals surface area contributed by atoms with Gasteiger partial charge >= 0.3 is 5.97 Å². The molecule has 5 heteroatoms. The lowest BCUT2D eigenvalue weighted by Gasteiger charge is -2.37. The minimum atomic E-state index is -0.582. The first-order valence-corrected chi connectivity index (χ1v) is 9.85. The number of amides is 2. The number of hydrogen-bond donors (Lipinski definition) is 0. The van der Waals surface area contributed by atoms with Crippen LogP contribution in [0.25, 0.3) is 10.8 Å². The SMILES string of the molecule is O=C(CN1C(=O)[C@@H]2[C@@H]3C=C[C@H]([C@H]4C[C@@H]34)[C@@H]2C1=O)Oc1ccc2ccccc2c1. The fourth-order valence-electron chi connectivity index (χ4n) is 5.70. The molecule has 5 aliphatic rings. The molecule has 2 amide bonds. The van der Waals surface area contributed by atoms with Crippen molar-refractivity contribution < 1.29 is 19.1 Å². The molecule has 28 heavy (non-hydrogen) atoms. The topological polar surface area (TPSA) is 63.7 Å². The highest BCUT2D eigenvalue weighted by Gasteiger charge is 2.67. The van der Waals surface area contributed by atoms with Crippen LogP contribution in [0.15, 0.2) is 54.6 Å². The fourth-order valence-corrected chi connectivity index (χ4v) is 5.70. The van der Waals surface area contributed by atoms with Crippen LogP contribution in [0.4, 0.5) is 0 Å². The quantitative estimate of drug-likeness (QED) is 0.359. The summed E-state index contributed by atoms with van der Waals surface area (Å²) in [4.78, 5) is 39.5. The third kappa shape index (κ3) is 2.16. The van der Waals surface area contributed by atoms with Gasteiger partial charge in [-0.15, -0.1) is 0 Å². The van der Waals surface area contributed by atoms with Crippen LogP contribution in [0.5, 0.6) is 5.75 Å². The van der Waals surface area contributed by atoms with Crippen molar-refractivity contribution in [2.24, 2.45) is 35.5 Å². The summed E-state index contributed by atoms with van der Waals surface area (Å²) in [6.07, 6.45) is 5.38. The maximum Gasteiger partial charge on any atom is 0.331 e. The second-order valence-electron chi connectivity index (χ2n) is 8.40. The van der Waals surface area contributed by atoms with Crippen LogP contribution < -0.4 is 4.74 Å². The molecule has 1 aliphatic heterocycles. The summed E-state index contributed by atoms with van der Waals surface area (Å²) in [5, 5.41) is 2.02. The predicted octanol–water partition coefficient (Wildman–Crippen LogP) is 2.80. The van der Waals surface area contributed by atoms with E-state index in [0.717, 1.165) is 22.1 Å². The number of ether oxygens (including phenoxy) is 1. The number of benzene rings is 2. The van der Waals surface area contributed by atoms with Crippen LogP contribution in [-0.4, -0.2) is 29.2 Å². The van der Waals surface area contributed by atoms with Crippen LogP contribution in [0, 0.1) is 35.5 Å². The van der Waals surface area contributed by atoms with E-state index in [9.17, 15) is 14.4 Å². The van der Waals surface area contributed by atoms with Crippen molar-refractivity contribution in [3.63, 3.8) is 0 Å². The Morgan fingerprint density at radius 3 is 2.25 bits per heavy atom. The predicted molar refractivity (Wildman–Crippen MR) is 101 cm³/mol. The zero-order valence-electron chi connectivity index (χ0n) is 15.2. The molecule has 2 aromatic rings. The van der Waals surface area contributed by atoms with E-state index in [4.69, 9.17) is 4.74 Å². The third-order valence-electron chi connectivity index (χ3n) is 6.99. The van der Waals surface area contributed by atoms with Crippen molar-refractivity contribution in [1.82, 2.24) is 4.90 Å². The molecule has 5 nitrogen and oxygen atoms in total. The smallest absolute Gasteiger partial charge is 0.331 e. The highest BCUT2D eigenvalue weighted by Crippen LogP contribution is 2.65. The molecule has 0 N–H and O–H groups in total. The Kier molecular flexibility index (Phi) is 3.17. The minimum Gasteiger partial charge on any atom is -0.425 e. The first-order chi connectivity index (χ1) is 13.6. The summed E-state index contributed by atoms with van der Waals surface area (Å²) in [7, 11) is 0. The van der Waals surface area contributed by atoms with Crippen LogP contribution in [0.2, 0.25) is 0 Å². The first kappa shape index (κ1) is 16.0. The number of carbonyl (C=O) groups excluding carboxylic acids is 3. The summed E-state index contributed by atoms with van der Waals surface area (Å²) in [6.45, 7) is -0.313. The summed E-state index contributed by atoms with van der Waals surface area (Å²) in [5.41, 5.74) is 0. The number of fused-ring (bicyclic) bond motifs is 1. The largest absolute Gasteiger partial charge is 0.425 e. The Morgan fingerprint density at radius 2 is 1.57 bits per heavy atom. The molecular formula is C23H19NO4. The highest BCUT2D eigenvalue weighted by atomic mass is 16.5. The molecule has 140 valence electrons. The molecule has 0 spiro atoms. The molecule has 0 aromatic heterocycles. The van der Waals surface area contributed by atoms with Crippen LogP contribution in [-0.2, 0) is 14.4 Å². The average Bonchev–Trinajstić information content (AvgIpc) is 3.49. The molecular weight excluding hydrogens is 354 g/mol. The molecule has 0 radical (unpaired) electrons. The summed E-state index contributed by atoms with van der Waals surface area (Å²) >= 11 is 0. The number of likely N-dealkylation sites (tertiary alicyclic amines) is 1. The summed E-state index contributed by atoms with van der Waals surface area (Å²) in [6, 6.07) is 13.2. The molecule has 0 unspecified atom stereocenters. The van der Waals surface area contributed by atoms with Crippen LogP contribution in [0.1, 0.15) is 6.42 Å². The number of rotatable bonds is 3. The average molecular weight is 373 g/mol. The van der Waals surface area contributed by atoms with Crippen LogP contribution >= 0.6 is 0 Å². The molecule has 2 bridgehead atoms. The molecule has 7 rings (SSSR count). The van der Waals surface area contributed by atoms with Gasteiger partial charge in [0.15, 0.2) is 0 Å². The van der Waals surface area contributed by atoms with Gasteiger partial charge in [-0.25, -0.2) is 4.79 Å². The molecule has 6 atom stereocenters. The lowest BCUT2D eigenvalue weighted by atomic mass is 9.63. The molecule has 2 saturated carbocycles. The van der Waals surface area contributed by atoms with E-state index in [1.807, 2.05) is 30.3 Å². The van der Waals surface area contributed by atoms with Gasteiger partial charge in [0.1, 0.15) is 12.3 Å². The number of allylic oxidation sites excluding steroid dienone is 2. The summed E-state index contributed by atoms with van der Waals surface area (Å²) in [5.74, 6) is 0.319. The van der Waals surface area contributed by atoms with Gasteiger partial charge in [-0.05, 0) is 53.0 Å². The molecule has 1 saturated heterocycles. The monoisotopic (exact) mass is 373 g/mol. The molecule has 4 aliphatic carbocycles. The fraction of sp³-hybridized carbons (Fsp3) is 0.348. The van der Waals surface area contributed by atoms with E-state index in [1.165, 1.54) is 0 Å². The van der Waals surface area contributed by atoms with Crippen molar-refractivity contribution in [2.45, 2.75) is 6.42 Å². The Bertz CT molecular complexity index is 1040. The zero-order valence-corrected chi connectivity index (χ0v) is 15.2. The Balaban J connectivity index is 1.20. The second kappa shape index (κ2) is 5.53. The highest BCUT2D eigenvalue weighted by molar-refractivity contribution is 6.08. The lowest BCUT2D eigenvalue weighted by molar-refractivity contribution is -0.148. The first-order valence-electron chi connectivity index (χ1n) is 9.85. The van der Waals surface area contributed by atoms with Crippen LogP contribution in [0.3, 0.4) is 0 Å². The maximum atomic E-state index is 12.9. The summed E-state index contributed by atoms with van der Waals surface area (Å²) < 4.78 is 5.43. The molecule has 1 heterocycles. The van der Waals surface area contributed by atoms with Crippen molar-refractivity contribution in [3.05, 3.63) is 54.6 Å². The van der Waals surface area contributed by atoms with E-state index in [1.54, 1.807) is 12.1 Å². The van der Waals surface area contributed by atoms with Crippen molar-refractivity contribution in [3.8, 4) is 5.75 Å². The number of imide groups is 1.